The number of nitrogens with zero attached hydrogens (tertiary/aromatic N) is 3. The summed E-state index contributed by atoms with van der Waals surface area (Å²) in [6.07, 6.45) is 0. The first-order chi connectivity index (χ1) is 13.4. The topological polar surface area (TPSA) is 74.1 Å². The second-order valence-corrected chi connectivity index (χ2v) is 6.85. The molecule has 0 fully saturated rings. The Balaban J connectivity index is 2.20. The largest absolute Gasteiger partial charge is 0.464 e. The molecule has 0 amide bonds. The van der Waals surface area contributed by atoms with Gasteiger partial charge in [0.1, 0.15) is 11.4 Å². The van der Waals surface area contributed by atoms with Crippen LogP contribution in [0.3, 0.4) is 0 Å². The van der Waals surface area contributed by atoms with Crippen molar-refractivity contribution in [2.45, 2.75) is 19.9 Å². The second kappa shape index (κ2) is 8.54. The number of hydrogen-bond acceptors (Lipinski definition) is 5. The monoisotopic (exact) mass is 417 g/mol. The fourth-order valence-corrected chi connectivity index (χ4v) is 2.88. The van der Waals surface area contributed by atoms with Crippen LogP contribution < -0.4 is 5.69 Å². The van der Waals surface area contributed by atoms with Crippen LogP contribution >= 0.6 is 23.2 Å². The van der Waals surface area contributed by atoms with E-state index in [0.717, 1.165) is 4.68 Å². The van der Waals surface area contributed by atoms with E-state index in [2.05, 4.69) is 10.1 Å². The van der Waals surface area contributed by atoms with Gasteiger partial charge in [0.05, 0.1) is 6.61 Å². The number of esters is 1. The second-order valence-electron chi connectivity index (χ2n) is 5.98. The average Bonchev–Trinajstić information content (AvgIpc) is 2.69. The van der Waals surface area contributed by atoms with Gasteiger partial charge in [-0.25, -0.2) is 9.59 Å². The molecular weight excluding hydrogens is 401 g/mol. The first kappa shape index (κ1) is 20.0. The Hall–Kier alpha value is -2.70. The SMILES string of the molecule is CCOC(=O)C(C)n1nc(-c2ccc(Cl)cc2)c(-c2ccc(Cl)cc2)nc1=O. The molecule has 3 aromatic rings. The zero-order valence-electron chi connectivity index (χ0n) is 15.2. The van der Waals surface area contributed by atoms with Gasteiger partial charge in [-0.3, -0.25) is 0 Å². The Morgan fingerprint density at radius 3 is 2.00 bits per heavy atom. The fraction of sp³-hybridized carbons (Fsp3) is 0.200. The van der Waals surface area contributed by atoms with Crippen LogP contribution in [0, 0.1) is 0 Å². The lowest BCUT2D eigenvalue weighted by Gasteiger charge is -2.15. The maximum Gasteiger partial charge on any atom is 0.365 e. The third-order valence-electron chi connectivity index (χ3n) is 4.07. The molecular formula is C20H17Cl2N3O3. The molecule has 1 aromatic heterocycles. The molecule has 0 N–H and O–H groups in total. The lowest BCUT2D eigenvalue weighted by Crippen LogP contribution is -2.34. The predicted octanol–water partition coefficient (Wildman–Crippen LogP) is 4.40. The number of ether oxygens (including phenoxy) is 1. The van der Waals surface area contributed by atoms with Crippen LogP contribution in [0.1, 0.15) is 19.9 Å². The molecule has 8 heteroatoms. The smallest absolute Gasteiger partial charge is 0.365 e. The molecule has 1 heterocycles. The van der Waals surface area contributed by atoms with E-state index in [1.54, 1.807) is 62.4 Å². The fourth-order valence-electron chi connectivity index (χ4n) is 2.62. The summed E-state index contributed by atoms with van der Waals surface area (Å²) in [4.78, 5) is 28.9. The highest BCUT2D eigenvalue weighted by Gasteiger charge is 2.22. The number of benzene rings is 2. The summed E-state index contributed by atoms with van der Waals surface area (Å²) in [5, 5.41) is 5.57. The minimum absolute atomic E-state index is 0.207. The molecule has 28 heavy (non-hydrogen) atoms. The summed E-state index contributed by atoms with van der Waals surface area (Å²) in [6.45, 7) is 3.45. The van der Waals surface area contributed by atoms with Gasteiger partial charge in [-0.05, 0) is 38.1 Å². The van der Waals surface area contributed by atoms with E-state index in [0.29, 0.717) is 32.6 Å². The van der Waals surface area contributed by atoms with Crippen molar-refractivity contribution in [3.8, 4) is 22.5 Å². The number of aromatic nitrogens is 3. The molecule has 0 radical (unpaired) electrons. The van der Waals surface area contributed by atoms with Crippen LogP contribution in [0.15, 0.2) is 53.3 Å². The predicted molar refractivity (Wildman–Crippen MR) is 109 cm³/mol. The Kier molecular flexibility index (Phi) is 6.11. The van der Waals surface area contributed by atoms with Crippen molar-refractivity contribution < 1.29 is 9.53 Å². The molecule has 0 aliphatic heterocycles. The third-order valence-corrected chi connectivity index (χ3v) is 4.57. The Morgan fingerprint density at radius 2 is 1.50 bits per heavy atom. The molecule has 1 unspecified atom stereocenters. The highest BCUT2D eigenvalue weighted by molar-refractivity contribution is 6.31. The van der Waals surface area contributed by atoms with Crippen molar-refractivity contribution in [2.24, 2.45) is 0 Å². The highest BCUT2D eigenvalue weighted by Crippen LogP contribution is 2.29. The lowest BCUT2D eigenvalue weighted by atomic mass is 10.0. The van der Waals surface area contributed by atoms with Gasteiger partial charge >= 0.3 is 11.7 Å². The van der Waals surface area contributed by atoms with Gasteiger partial charge in [0.25, 0.3) is 0 Å². The Morgan fingerprint density at radius 1 is 1.00 bits per heavy atom. The number of carbonyl (C=O) groups excluding carboxylic acids is 1. The van der Waals surface area contributed by atoms with Crippen molar-refractivity contribution >= 4 is 29.2 Å². The van der Waals surface area contributed by atoms with Crippen LogP contribution in [0.4, 0.5) is 0 Å². The molecule has 0 bridgehead atoms. The molecule has 3 rings (SSSR count). The van der Waals surface area contributed by atoms with Gasteiger partial charge in [-0.15, -0.1) is 0 Å². The molecule has 2 aromatic carbocycles. The first-order valence-electron chi connectivity index (χ1n) is 8.60. The summed E-state index contributed by atoms with van der Waals surface area (Å²) in [7, 11) is 0. The van der Waals surface area contributed by atoms with Crippen LogP contribution in [0.2, 0.25) is 10.0 Å². The zero-order chi connectivity index (χ0) is 20.3. The van der Waals surface area contributed by atoms with E-state index in [-0.39, 0.29) is 6.61 Å². The van der Waals surface area contributed by atoms with Gasteiger partial charge in [0.2, 0.25) is 0 Å². The first-order valence-corrected chi connectivity index (χ1v) is 9.35. The summed E-state index contributed by atoms with van der Waals surface area (Å²) < 4.78 is 6.03. The zero-order valence-corrected chi connectivity index (χ0v) is 16.7. The summed E-state index contributed by atoms with van der Waals surface area (Å²) in [5.41, 5.74) is 1.55. The minimum Gasteiger partial charge on any atom is -0.464 e. The van der Waals surface area contributed by atoms with Crippen molar-refractivity contribution in [1.29, 1.82) is 0 Å². The quantitative estimate of drug-likeness (QED) is 0.574. The molecule has 0 spiro atoms. The normalized spacial score (nSPS) is 11.9. The van der Waals surface area contributed by atoms with E-state index in [1.807, 2.05) is 0 Å². The standard InChI is InChI=1S/C20H17Cl2N3O3/c1-3-28-19(26)12(2)25-20(27)23-17(13-4-8-15(21)9-5-13)18(24-25)14-6-10-16(22)11-7-14/h4-12H,3H2,1-2H3. The van der Waals surface area contributed by atoms with E-state index >= 15 is 0 Å². The van der Waals surface area contributed by atoms with Gasteiger partial charge < -0.3 is 4.74 Å². The molecule has 0 saturated heterocycles. The van der Waals surface area contributed by atoms with E-state index in [1.165, 1.54) is 0 Å². The minimum atomic E-state index is -0.912. The van der Waals surface area contributed by atoms with Gasteiger partial charge in [-0.2, -0.15) is 14.8 Å². The Bertz CT molecular complexity index is 1050. The maximum atomic E-state index is 12.6. The van der Waals surface area contributed by atoms with Crippen molar-refractivity contribution in [3.63, 3.8) is 0 Å². The molecule has 1 atom stereocenters. The van der Waals surface area contributed by atoms with Crippen LogP contribution in [0.5, 0.6) is 0 Å². The van der Waals surface area contributed by atoms with E-state index in [9.17, 15) is 9.59 Å². The highest BCUT2D eigenvalue weighted by atomic mass is 35.5. The number of hydrogen-bond donors (Lipinski definition) is 0. The van der Waals surface area contributed by atoms with Crippen molar-refractivity contribution in [3.05, 3.63) is 69.1 Å². The molecule has 144 valence electrons. The lowest BCUT2D eigenvalue weighted by molar-refractivity contribution is -0.147. The maximum absolute atomic E-state index is 12.6. The van der Waals surface area contributed by atoms with Gasteiger partial charge in [0.15, 0.2) is 6.04 Å². The number of halogens is 2. The summed E-state index contributed by atoms with van der Waals surface area (Å²) >= 11 is 12.0. The average molecular weight is 418 g/mol. The van der Waals surface area contributed by atoms with Crippen LogP contribution in [-0.2, 0) is 9.53 Å². The molecule has 0 saturated carbocycles. The van der Waals surface area contributed by atoms with Gasteiger partial charge in [-0.1, -0.05) is 47.5 Å². The number of carbonyl (C=O) groups is 1. The molecule has 6 nitrogen and oxygen atoms in total. The van der Waals surface area contributed by atoms with Crippen molar-refractivity contribution in [1.82, 2.24) is 14.8 Å². The number of rotatable bonds is 5. The molecule has 0 aliphatic rings. The van der Waals surface area contributed by atoms with Crippen LogP contribution in [-0.4, -0.2) is 27.3 Å². The van der Waals surface area contributed by atoms with E-state index < -0.39 is 17.7 Å². The molecule has 0 aliphatic carbocycles. The third kappa shape index (κ3) is 4.24. The summed E-state index contributed by atoms with van der Waals surface area (Å²) in [6, 6.07) is 13.0. The Labute approximate surface area is 171 Å². The van der Waals surface area contributed by atoms with Gasteiger partial charge in [0, 0.05) is 21.2 Å². The van der Waals surface area contributed by atoms with E-state index in [4.69, 9.17) is 27.9 Å². The summed E-state index contributed by atoms with van der Waals surface area (Å²) in [5.74, 6) is -0.555. The van der Waals surface area contributed by atoms with Crippen LogP contribution in [0.25, 0.3) is 22.5 Å². The van der Waals surface area contributed by atoms with Crippen molar-refractivity contribution in [2.75, 3.05) is 6.61 Å².